The summed E-state index contributed by atoms with van der Waals surface area (Å²) in [6.07, 6.45) is -4.38. The van der Waals surface area contributed by atoms with E-state index in [2.05, 4.69) is 21.3 Å². The van der Waals surface area contributed by atoms with E-state index in [4.69, 9.17) is 25.1 Å². The normalized spacial score (nSPS) is 11.8. The highest BCUT2D eigenvalue weighted by molar-refractivity contribution is 5.86. The number of alkyl carbamates (subject to hydrolysis) is 1. The number of alkyl halides is 3. The molecular formula is C32H42F3N5O9. The zero-order valence-corrected chi connectivity index (χ0v) is 26.9. The Balaban J connectivity index is 0.00000154. The van der Waals surface area contributed by atoms with E-state index in [1.165, 1.54) is 6.92 Å². The van der Waals surface area contributed by atoms with Crippen LogP contribution in [0.5, 0.6) is 0 Å². The van der Waals surface area contributed by atoms with Crippen molar-refractivity contribution < 1.29 is 56.5 Å². The third kappa shape index (κ3) is 19.9. The summed E-state index contributed by atoms with van der Waals surface area (Å²) in [5.74, 6) is -4.37. The molecule has 0 aliphatic heterocycles. The van der Waals surface area contributed by atoms with E-state index in [1.807, 2.05) is 48.5 Å². The highest BCUT2D eigenvalue weighted by Gasteiger charge is 2.38. The van der Waals surface area contributed by atoms with E-state index in [-0.39, 0.29) is 43.8 Å². The van der Waals surface area contributed by atoms with E-state index in [0.717, 1.165) is 11.1 Å². The molecule has 0 aromatic heterocycles. The average Bonchev–Trinajstić information content (AvgIpc) is 3.06. The van der Waals surface area contributed by atoms with Crippen LogP contribution in [0.4, 0.5) is 18.0 Å². The molecule has 0 spiro atoms. The number of hydrogen-bond donors (Lipinski definition) is 6. The number of esters is 1. The molecule has 14 nitrogen and oxygen atoms in total. The van der Waals surface area contributed by atoms with Gasteiger partial charge in [0, 0.05) is 33.0 Å². The van der Waals surface area contributed by atoms with Crippen molar-refractivity contribution in [2.45, 2.75) is 70.5 Å². The van der Waals surface area contributed by atoms with Crippen molar-refractivity contribution >= 4 is 35.8 Å². The Kier molecular flexibility index (Phi) is 19.8. The third-order valence-corrected chi connectivity index (χ3v) is 6.30. The molecule has 2 aromatic rings. The number of carbonyl (C=O) groups is 6. The number of rotatable bonds is 18. The van der Waals surface area contributed by atoms with E-state index in [9.17, 15) is 37.1 Å². The second-order valence-electron chi connectivity index (χ2n) is 10.4. The van der Waals surface area contributed by atoms with Crippen LogP contribution in [0.25, 0.3) is 0 Å². The highest BCUT2D eigenvalue weighted by atomic mass is 19.4. The second kappa shape index (κ2) is 23.2. The summed E-state index contributed by atoms with van der Waals surface area (Å²) in [5, 5.41) is 17.7. The minimum Gasteiger partial charge on any atom is -0.475 e. The number of benzene rings is 2. The predicted molar refractivity (Wildman–Crippen MR) is 169 cm³/mol. The van der Waals surface area contributed by atoms with Gasteiger partial charge in [-0.15, -0.1) is 0 Å². The van der Waals surface area contributed by atoms with Crippen molar-refractivity contribution in [2.75, 3.05) is 19.6 Å². The number of hydrogen-bond acceptors (Lipinski definition) is 9. The first-order valence-electron chi connectivity index (χ1n) is 15.2. The molecule has 7 N–H and O–H groups in total. The fourth-order valence-corrected chi connectivity index (χ4v) is 3.88. The van der Waals surface area contributed by atoms with Crippen molar-refractivity contribution in [1.29, 1.82) is 0 Å². The Morgan fingerprint density at radius 1 is 0.776 bits per heavy atom. The van der Waals surface area contributed by atoms with Crippen molar-refractivity contribution in [2.24, 2.45) is 5.73 Å². The molecule has 49 heavy (non-hydrogen) atoms. The molecule has 0 aliphatic carbocycles. The smallest absolute Gasteiger partial charge is 0.475 e. The topological polar surface area (TPSA) is 215 Å². The van der Waals surface area contributed by atoms with Gasteiger partial charge in [-0.25, -0.2) is 14.4 Å². The highest BCUT2D eigenvalue weighted by Crippen LogP contribution is 2.13. The van der Waals surface area contributed by atoms with Crippen molar-refractivity contribution in [3.05, 3.63) is 71.8 Å². The van der Waals surface area contributed by atoms with Gasteiger partial charge < -0.3 is 41.6 Å². The minimum atomic E-state index is -5.08. The largest absolute Gasteiger partial charge is 0.490 e. The molecule has 270 valence electrons. The van der Waals surface area contributed by atoms with Gasteiger partial charge in [-0.1, -0.05) is 60.7 Å². The number of carboxylic acids is 1. The van der Waals surface area contributed by atoms with Crippen LogP contribution in [0.1, 0.15) is 50.2 Å². The van der Waals surface area contributed by atoms with Gasteiger partial charge >= 0.3 is 24.2 Å². The van der Waals surface area contributed by atoms with Gasteiger partial charge in [0.1, 0.15) is 25.3 Å². The fourth-order valence-electron chi connectivity index (χ4n) is 3.88. The summed E-state index contributed by atoms with van der Waals surface area (Å²) in [4.78, 5) is 70.2. The Labute approximate surface area is 281 Å². The standard InChI is InChI=1S/C30H41N5O7.C2HF3O2/c1-22(36)34-25(28(38)33-19-17-31)14-8-9-18-32-27(37)16-15-26(29(39)41-20-23-10-4-2-5-11-23)35-30(40)42-21-24-12-6-3-7-13-24;3-2(4,5)1(6)7/h2-7,10-13,25-26H,8-9,14-21,31H2,1H3,(H,32,37)(H,33,38)(H,34,36)(H,35,40);(H,6,7)/t25-,26-;/m0./s1. The molecule has 2 aromatic carbocycles. The van der Waals surface area contributed by atoms with Gasteiger partial charge in [0.15, 0.2) is 0 Å². The van der Waals surface area contributed by atoms with E-state index in [1.54, 1.807) is 12.1 Å². The zero-order valence-electron chi connectivity index (χ0n) is 26.9. The van der Waals surface area contributed by atoms with Crippen LogP contribution in [0.3, 0.4) is 0 Å². The molecule has 0 saturated carbocycles. The Bertz CT molecular complexity index is 1330. The molecule has 0 unspecified atom stereocenters. The number of amides is 4. The SMILES string of the molecule is CC(=O)N[C@@H](CCCCNC(=O)CC[C@H](NC(=O)OCc1ccccc1)C(=O)OCc1ccccc1)C(=O)NCCN.O=C(O)C(F)(F)F. The number of unbranched alkanes of at least 4 members (excludes halogenated alkanes) is 1. The lowest BCUT2D eigenvalue weighted by atomic mass is 10.1. The Hall–Kier alpha value is -5.19. The number of halogens is 3. The maximum atomic E-state index is 12.8. The van der Waals surface area contributed by atoms with Crippen LogP contribution in [0, 0.1) is 0 Å². The van der Waals surface area contributed by atoms with Crippen molar-refractivity contribution in [3.63, 3.8) is 0 Å². The third-order valence-electron chi connectivity index (χ3n) is 6.30. The molecule has 0 heterocycles. The molecular weight excluding hydrogens is 655 g/mol. The van der Waals surface area contributed by atoms with Crippen LogP contribution in [0.2, 0.25) is 0 Å². The molecule has 2 atom stereocenters. The van der Waals surface area contributed by atoms with Gasteiger partial charge in [0.2, 0.25) is 17.7 Å². The first kappa shape index (κ1) is 41.8. The molecule has 2 rings (SSSR count). The first-order chi connectivity index (χ1) is 23.2. The van der Waals surface area contributed by atoms with Gasteiger partial charge in [-0.05, 0) is 36.8 Å². The number of ether oxygens (including phenoxy) is 2. The van der Waals surface area contributed by atoms with Crippen LogP contribution in [-0.2, 0) is 46.7 Å². The summed E-state index contributed by atoms with van der Waals surface area (Å²) >= 11 is 0. The second-order valence-corrected chi connectivity index (χ2v) is 10.4. The van der Waals surface area contributed by atoms with Crippen LogP contribution < -0.4 is 27.0 Å². The average molecular weight is 698 g/mol. The number of carboxylic acid groups (broad SMARTS) is 1. The summed E-state index contributed by atoms with van der Waals surface area (Å²) in [6.45, 7) is 2.33. The number of nitrogens with one attached hydrogen (secondary N) is 4. The number of aliphatic carboxylic acids is 1. The van der Waals surface area contributed by atoms with Crippen LogP contribution in [0.15, 0.2) is 60.7 Å². The molecule has 0 fully saturated rings. The molecule has 17 heteroatoms. The summed E-state index contributed by atoms with van der Waals surface area (Å²) in [7, 11) is 0. The van der Waals surface area contributed by atoms with Crippen LogP contribution >= 0.6 is 0 Å². The number of nitrogens with two attached hydrogens (primary N) is 1. The van der Waals surface area contributed by atoms with Gasteiger partial charge in [0.25, 0.3) is 0 Å². The molecule has 4 amide bonds. The summed E-state index contributed by atoms with van der Waals surface area (Å²) in [5.41, 5.74) is 6.98. The van der Waals surface area contributed by atoms with Gasteiger partial charge in [-0.3, -0.25) is 14.4 Å². The molecule has 0 saturated heterocycles. The van der Waals surface area contributed by atoms with E-state index >= 15 is 0 Å². The summed E-state index contributed by atoms with van der Waals surface area (Å²) in [6, 6.07) is 16.4. The quantitative estimate of drug-likeness (QED) is 0.0987. The lowest BCUT2D eigenvalue weighted by molar-refractivity contribution is -0.192. The van der Waals surface area contributed by atoms with E-state index in [0.29, 0.717) is 38.9 Å². The maximum Gasteiger partial charge on any atom is 0.490 e. The maximum absolute atomic E-state index is 12.8. The number of carbonyl (C=O) groups excluding carboxylic acids is 5. The molecule has 0 bridgehead atoms. The lowest BCUT2D eigenvalue weighted by Gasteiger charge is -2.18. The Morgan fingerprint density at radius 2 is 1.33 bits per heavy atom. The first-order valence-corrected chi connectivity index (χ1v) is 15.2. The van der Waals surface area contributed by atoms with Gasteiger partial charge in [0.05, 0.1) is 0 Å². The summed E-state index contributed by atoms with van der Waals surface area (Å²) < 4.78 is 42.4. The van der Waals surface area contributed by atoms with Gasteiger partial charge in [-0.2, -0.15) is 13.2 Å². The lowest BCUT2D eigenvalue weighted by Crippen LogP contribution is -2.47. The molecule has 0 aliphatic rings. The minimum absolute atomic E-state index is 0.00577. The zero-order chi connectivity index (χ0) is 36.7. The van der Waals surface area contributed by atoms with Crippen LogP contribution in [-0.4, -0.2) is 78.8 Å². The van der Waals surface area contributed by atoms with Crippen molar-refractivity contribution in [3.8, 4) is 0 Å². The van der Waals surface area contributed by atoms with E-state index < -0.39 is 36.3 Å². The Morgan fingerprint density at radius 3 is 1.84 bits per heavy atom. The predicted octanol–water partition coefficient (Wildman–Crippen LogP) is 2.30. The monoisotopic (exact) mass is 697 g/mol. The molecule has 0 radical (unpaired) electrons. The van der Waals surface area contributed by atoms with Crippen molar-refractivity contribution in [1.82, 2.24) is 21.3 Å². The fraction of sp³-hybridized carbons (Fsp3) is 0.438.